The summed E-state index contributed by atoms with van der Waals surface area (Å²) in [5, 5.41) is 0. The Morgan fingerprint density at radius 3 is 2.67 bits per heavy atom. The molecule has 0 N–H and O–H groups in total. The zero-order chi connectivity index (χ0) is 17.5. The van der Waals surface area contributed by atoms with Crippen LogP contribution in [0.3, 0.4) is 0 Å². The molecule has 0 saturated heterocycles. The molecule has 0 aliphatic heterocycles. The van der Waals surface area contributed by atoms with E-state index in [1.54, 1.807) is 6.07 Å². The number of benzene rings is 1. The van der Waals surface area contributed by atoms with Gasteiger partial charge < -0.3 is 4.74 Å². The first-order valence-corrected chi connectivity index (χ1v) is 9.60. The third-order valence-corrected chi connectivity index (χ3v) is 5.49. The number of methoxy groups -OCH3 is 1. The predicted molar refractivity (Wildman–Crippen MR) is 95.6 cm³/mol. The average molecular weight is 338 g/mol. The standard InChI is InChI=1S/C21H32F2O/c1-4-8-15(2)9-6-5-7-10-16-11-12-17-14-19(24-3)21(23)20(22)18(17)13-16/h14-16H,4-13H2,1-3H3. The first-order valence-electron chi connectivity index (χ1n) is 9.60. The van der Waals surface area contributed by atoms with Crippen molar-refractivity contribution < 1.29 is 13.5 Å². The molecule has 0 radical (unpaired) electrons. The van der Waals surface area contributed by atoms with E-state index in [9.17, 15) is 8.78 Å². The zero-order valence-electron chi connectivity index (χ0n) is 15.5. The molecule has 3 heteroatoms. The number of hydrogen-bond donors (Lipinski definition) is 0. The van der Waals surface area contributed by atoms with Crippen molar-refractivity contribution in [1.82, 2.24) is 0 Å². The van der Waals surface area contributed by atoms with Crippen molar-refractivity contribution in [2.24, 2.45) is 11.8 Å². The summed E-state index contributed by atoms with van der Waals surface area (Å²) in [7, 11) is 1.39. The van der Waals surface area contributed by atoms with Crippen molar-refractivity contribution in [3.8, 4) is 5.75 Å². The van der Waals surface area contributed by atoms with Gasteiger partial charge >= 0.3 is 0 Å². The van der Waals surface area contributed by atoms with Gasteiger partial charge in [0.25, 0.3) is 0 Å². The minimum Gasteiger partial charge on any atom is -0.494 e. The number of fused-ring (bicyclic) bond motifs is 1. The van der Waals surface area contributed by atoms with Gasteiger partial charge in [-0.1, -0.05) is 58.8 Å². The van der Waals surface area contributed by atoms with Crippen LogP contribution >= 0.6 is 0 Å². The lowest BCUT2D eigenvalue weighted by atomic mass is 9.80. The average Bonchev–Trinajstić information content (AvgIpc) is 2.58. The third-order valence-electron chi connectivity index (χ3n) is 5.49. The van der Waals surface area contributed by atoms with E-state index in [0.717, 1.165) is 30.7 Å². The summed E-state index contributed by atoms with van der Waals surface area (Å²) >= 11 is 0. The molecule has 2 atom stereocenters. The quantitative estimate of drug-likeness (QED) is 0.469. The molecule has 1 aromatic carbocycles. The SMILES string of the molecule is CCCC(C)CCCCCC1CCc2cc(OC)c(F)c(F)c2C1. The van der Waals surface area contributed by atoms with Gasteiger partial charge in [0.2, 0.25) is 5.82 Å². The van der Waals surface area contributed by atoms with Crippen LogP contribution in [-0.2, 0) is 12.8 Å². The highest BCUT2D eigenvalue weighted by atomic mass is 19.2. The molecule has 0 bridgehead atoms. The lowest BCUT2D eigenvalue weighted by molar-refractivity contribution is 0.354. The smallest absolute Gasteiger partial charge is 0.200 e. The Hall–Kier alpha value is -1.12. The molecule has 0 heterocycles. The Kier molecular flexibility index (Phi) is 7.51. The first-order chi connectivity index (χ1) is 11.6. The molecule has 1 aliphatic rings. The van der Waals surface area contributed by atoms with Crippen LogP contribution in [0.1, 0.15) is 76.3 Å². The van der Waals surface area contributed by atoms with E-state index in [1.165, 1.54) is 45.6 Å². The predicted octanol–water partition coefficient (Wildman–Crippen LogP) is 6.47. The van der Waals surface area contributed by atoms with E-state index in [1.807, 2.05) is 0 Å². The van der Waals surface area contributed by atoms with Crippen LogP contribution in [0.25, 0.3) is 0 Å². The van der Waals surface area contributed by atoms with Crippen LogP contribution in [0.15, 0.2) is 6.07 Å². The van der Waals surface area contributed by atoms with Gasteiger partial charge in [-0.2, -0.15) is 4.39 Å². The molecular formula is C21H32F2O. The summed E-state index contributed by atoms with van der Waals surface area (Å²) in [4.78, 5) is 0. The van der Waals surface area contributed by atoms with Crippen LogP contribution in [0, 0.1) is 23.5 Å². The summed E-state index contributed by atoms with van der Waals surface area (Å²) in [6.07, 6.45) is 11.4. The molecule has 1 aliphatic carbocycles. The maximum absolute atomic E-state index is 14.3. The van der Waals surface area contributed by atoms with Gasteiger partial charge in [-0.15, -0.1) is 0 Å². The Balaban J connectivity index is 1.80. The molecule has 0 fully saturated rings. The maximum Gasteiger partial charge on any atom is 0.200 e. The Morgan fingerprint density at radius 1 is 1.17 bits per heavy atom. The van der Waals surface area contributed by atoms with Gasteiger partial charge in [-0.3, -0.25) is 0 Å². The summed E-state index contributed by atoms with van der Waals surface area (Å²) < 4.78 is 33.1. The fourth-order valence-electron chi connectivity index (χ4n) is 4.02. The second-order valence-electron chi connectivity index (χ2n) is 7.49. The molecule has 0 saturated carbocycles. The number of rotatable bonds is 9. The van der Waals surface area contributed by atoms with Gasteiger partial charge in [0.05, 0.1) is 7.11 Å². The van der Waals surface area contributed by atoms with Crippen LogP contribution in [0.2, 0.25) is 0 Å². The maximum atomic E-state index is 14.3. The number of ether oxygens (including phenoxy) is 1. The van der Waals surface area contributed by atoms with E-state index in [4.69, 9.17) is 4.74 Å². The van der Waals surface area contributed by atoms with Crippen LogP contribution in [0.5, 0.6) is 5.75 Å². The van der Waals surface area contributed by atoms with Crippen LogP contribution < -0.4 is 4.74 Å². The monoisotopic (exact) mass is 338 g/mol. The second-order valence-corrected chi connectivity index (χ2v) is 7.49. The van der Waals surface area contributed by atoms with Gasteiger partial charge in [0.1, 0.15) is 0 Å². The fraction of sp³-hybridized carbons (Fsp3) is 0.714. The molecule has 0 spiro atoms. The number of unbranched alkanes of at least 4 members (excludes halogenated alkanes) is 2. The minimum atomic E-state index is -0.832. The van der Waals surface area contributed by atoms with E-state index >= 15 is 0 Å². The lowest BCUT2D eigenvalue weighted by Gasteiger charge is -2.26. The van der Waals surface area contributed by atoms with E-state index < -0.39 is 11.6 Å². The molecule has 0 amide bonds. The van der Waals surface area contributed by atoms with Crippen LogP contribution in [0.4, 0.5) is 8.78 Å². The van der Waals surface area contributed by atoms with Crippen molar-refractivity contribution in [1.29, 1.82) is 0 Å². The highest BCUT2D eigenvalue weighted by Gasteiger charge is 2.25. The van der Waals surface area contributed by atoms with Crippen molar-refractivity contribution in [3.05, 3.63) is 28.8 Å². The summed E-state index contributed by atoms with van der Waals surface area (Å²) in [5.41, 5.74) is 1.51. The molecule has 0 aromatic heterocycles. The van der Waals surface area contributed by atoms with Crippen molar-refractivity contribution in [3.63, 3.8) is 0 Å². The largest absolute Gasteiger partial charge is 0.494 e. The van der Waals surface area contributed by atoms with Crippen molar-refractivity contribution in [2.45, 2.75) is 78.1 Å². The molecule has 1 nitrogen and oxygen atoms in total. The molecular weight excluding hydrogens is 306 g/mol. The minimum absolute atomic E-state index is 0.0332. The van der Waals surface area contributed by atoms with Gasteiger partial charge in [0.15, 0.2) is 11.6 Å². The summed E-state index contributed by atoms with van der Waals surface area (Å²) in [6.45, 7) is 4.59. The van der Waals surface area contributed by atoms with E-state index in [2.05, 4.69) is 13.8 Å². The number of halogens is 2. The highest BCUT2D eigenvalue weighted by molar-refractivity contribution is 5.40. The number of aryl methyl sites for hydroxylation is 1. The Morgan fingerprint density at radius 2 is 1.96 bits per heavy atom. The normalized spacial score (nSPS) is 18.3. The zero-order valence-corrected chi connectivity index (χ0v) is 15.5. The van der Waals surface area contributed by atoms with Crippen LogP contribution in [-0.4, -0.2) is 7.11 Å². The van der Waals surface area contributed by atoms with E-state index in [-0.39, 0.29) is 5.75 Å². The fourth-order valence-corrected chi connectivity index (χ4v) is 4.02. The first kappa shape index (κ1) is 19.2. The molecule has 2 rings (SSSR count). The Labute approximate surface area is 145 Å². The molecule has 24 heavy (non-hydrogen) atoms. The van der Waals surface area contributed by atoms with Gasteiger partial charge in [-0.05, 0) is 48.3 Å². The van der Waals surface area contributed by atoms with E-state index in [0.29, 0.717) is 17.9 Å². The topological polar surface area (TPSA) is 9.23 Å². The highest BCUT2D eigenvalue weighted by Crippen LogP contribution is 2.35. The second kappa shape index (κ2) is 9.39. The summed E-state index contributed by atoms with van der Waals surface area (Å²) in [5.74, 6) is -0.161. The number of hydrogen-bond acceptors (Lipinski definition) is 1. The third kappa shape index (κ3) is 4.94. The lowest BCUT2D eigenvalue weighted by Crippen LogP contribution is -2.17. The van der Waals surface area contributed by atoms with Gasteiger partial charge in [-0.25, -0.2) is 4.39 Å². The molecule has 2 unspecified atom stereocenters. The molecule has 1 aromatic rings. The van der Waals surface area contributed by atoms with Crippen molar-refractivity contribution in [2.75, 3.05) is 7.11 Å². The molecule has 136 valence electrons. The van der Waals surface area contributed by atoms with Gasteiger partial charge in [0, 0.05) is 0 Å². The Bertz CT molecular complexity index is 527. The summed E-state index contributed by atoms with van der Waals surface area (Å²) in [6, 6.07) is 1.68. The van der Waals surface area contributed by atoms with Crippen molar-refractivity contribution >= 4 is 0 Å².